The zero-order chi connectivity index (χ0) is 15.8. The Labute approximate surface area is 129 Å². The van der Waals surface area contributed by atoms with Gasteiger partial charge in [0.05, 0.1) is 6.54 Å². The molecule has 1 saturated heterocycles. The molecule has 5 heteroatoms. The third-order valence-electron chi connectivity index (χ3n) is 4.14. The molecule has 21 heavy (non-hydrogen) atoms. The second kappa shape index (κ2) is 9.03. The van der Waals surface area contributed by atoms with Crippen LogP contribution in [0.15, 0.2) is 0 Å². The van der Waals surface area contributed by atoms with Crippen molar-refractivity contribution in [2.24, 2.45) is 5.92 Å². The minimum atomic E-state index is 0.194. The average Bonchev–Trinajstić information content (AvgIpc) is 2.46. The van der Waals surface area contributed by atoms with Gasteiger partial charge in [0, 0.05) is 45.7 Å². The highest BCUT2D eigenvalue weighted by Crippen LogP contribution is 2.09. The first-order chi connectivity index (χ1) is 9.97. The number of hydrogen-bond acceptors (Lipinski definition) is 3. The van der Waals surface area contributed by atoms with Gasteiger partial charge in [0.2, 0.25) is 11.8 Å². The highest BCUT2D eigenvalue weighted by atomic mass is 16.2. The molecule has 1 aliphatic heterocycles. The monoisotopic (exact) mass is 297 g/mol. The lowest BCUT2D eigenvalue weighted by molar-refractivity contribution is -0.135. The van der Waals surface area contributed by atoms with Crippen LogP contribution >= 0.6 is 0 Å². The SMILES string of the molecule is CCN(CC)C(=O)CN1CCN(C(=O)CCC(C)C)CC1. The second-order valence-corrected chi connectivity index (χ2v) is 6.16. The zero-order valence-electron chi connectivity index (χ0n) is 14.1. The molecule has 0 aliphatic carbocycles. The van der Waals surface area contributed by atoms with Crippen LogP contribution in [0.1, 0.15) is 40.5 Å². The van der Waals surface area contributed by atoms with Gasteiger partial charge in [-0.05, 0) is 26.2 Å². The summed E-state index contributed by atoms with van der Waals surface area (Å²) in [5, 5.41) is 0. The van der Waals surface area contributed by atoms with Gasteiger partial charge in [-0.2, -0.15) is 0 Å². The van der Waals surface area contributed by atoms with E-state index in [1.165, 1.54) is 0 Å². The molecule has 122 valence electrons. The summed E-state index contributed by atoms with van der Waals surface area (Å²) in [5.41, 5.74) is 0. The topological polar surface area (TPSA) is 43.9 Å². The van der Waals surface area contributed by atoms with E-state index < -0.39 is 0 Å². The third-order valence-corrected chi connectivity index (χ3v) is 4.14. The normalized spacial score (nSPS) is 16.3. The third kappa shape index (κ3) is 6.04. The van der Waals surface area contributed by atoms with Crippen LogP contribution in [-0.2, 0) is 9.59 Å². The summed E-state index contributed by atoms with van der Waals surface area (Å²) in [6.45, 7) is 13.4. The van der Waals surface area contributed by atoms with Crippen molar-refractivity contribution in [3.8, 4) is 0 Å². The number of carbonyl (C=O) groups excluding carboxylic acids is 2. The number of rotatable bonds is 7. The zero-order valence-corrected chi connectivity index (χ0v) is 14.1. The van der Waals surface area contributed by atoms with E-state index >= 15 is 0 Å². The Morgan fingerprint density at radius 3 is 2.10 bits per heavy atom. The number of hydrogen-bond donors (Lipinski definition) is 0. The Kier molecular flexibility index (Phi) is 7.72. The van der Waals surface area contributed by atoms with E-state index in [9.17, 15) is 9.59 Å². The van der Waals surface area contributed by atoms with Crippen LogP contribution in [0.4, 0.5) is 0 Å². The van der Waals surface area contributed by atoms with Gasteiger partial charge in [0.1, 0.15) is 0 Å². The largest absolute Gasteiger partial charge is 0.342 e. The fraction of sp³-hybridized carbons (Fsp3) is 0.875. The van der Waals surface area contributed by atoms with Crippen LogP contribution in [0.2, 0.25) is 0 Å². The summed E-state index contributed by atoms with van der Waals surface area (Å²) in [4.78, 5) is 30.1. The molecule has 0 spiro atoms. The Morgan fingerprint density at radius 2 is 1.62 bits per heavy atom. The molecular formula is C16H31N3O2. The Balaban J connectivity index is 2.32. The molecule has 2 amide bonds. The summed E-state index contributed by atoms with van der Waals surface area (Å²) >= 11 is 0. The van der Waals surface area contributed by atoms with Crippen molar-refractivity contribution in [1.29, 1.82) is 0 Å². The van der Waals surface area contributed by atoms with Crippen LogP contribution in [0.5, 0.6) is 0 Å². The summed E-state index contributed by atoms with van der Waals surface area (Å²) in [6, 6.07) is 0. The van der Waals surface area contributed by atoms with E-state index in [2.05, 4.69) is 18.7 Å². The lowest BCUT2D eigenvalue weighted by atomic mass is 10.1. The molecule has 0 aromatic rings. The summed E-state index contributed by atoms with van der Waals surface area (Å²) in [6.07, 6.45) is 1.61. The molecule has 0 N–H and O–H groups in total. The molecule has 1 fully saturated rings. The Morgan fingerprint density at radius 1 is 1.05 bits per heavy atom. The molecule has 1 rings (SSSR count). The fourth-order valence-corrected chi connectivity index (χ4v) is 2.59. The van der Waals surface area contributed by atoms with E-state index in [0.29, 0.717) is 18.9 Å². The molecule has 0 aromatic carbocycles. The van der Waals surface area contributed by atoms with E-state index in [0.717, 1.165) is 45.7 Å². The van der Waals surface area contributed by atoms with E-state index in [4.69, 9.17) is 0 Å². The summed E-state index contributed by atoms with van der Waals surface area (Å²) in [5.74, 6) is 1.03. The molecule has 1 aliphatic rings. The Hall–Kier alpha value is -1.10. The van der Waals surface area contributed by atoms with E-state index in [1.54, 1.807) is 0 Å². The van der Waals surface area contributed by atoms with Gasteiger partial charge in [-0.25, -0.2) is 0 Å². The van der Waals surface area contributed by atoms with Crippen LogP contribution in [0, 0.1) is 5.92 Å². The van der Waals surface area contributed by atoms with Crippen LogP contribution in [-0.4, -0.2) is 72.3 Å². The highest BCUT2D eigenvalue weighted by molar-refractivity contribution is 5.78. The molecule has 0 atom stereocenters. The van der Waals surface area contributed by atoms with Gasteiger partial charge in [0.15, 0.2) is 0 Å². The van der Waals surface area contributed by atoms with Gasteiger partial charge in [0.25, 0.3) is 0 Å². The van der Waals surface area contributed by atoms with Gasteiger partial charge < -0.3 is 9.80 Å². The van der Waals surface area contributed by atoms with Crippen molar-refractivity contribution in [2.45, 2.75) is 40.5 Å². The molecule has 0 bridgehead atoms. The molecule has 0 saturated carbocycles. The molecule has 1 heterocycles. The van der Waals surface area contributed by atoms with E-state index in [-0.39, 0.29) is 11.8 Å². The molecular weight excluding hydrogens is 266 g/mol. The van der Waals surface area contributed by atoms with Crippen molar-refractivity contribution >= 4 is 11.8 Å². The molecule has 5 nitrogen and oxygen atoms in total. The number of nitrogens with zero attached hydrogens (tertiary/aromatic N) is 3. The van der Waals surface area contributed by atoms with Gasteiger partial charge >= 0.3 is 0 Å². The van der Waals surface area contributed by atoms with Crippen molar-refractivity contribution in [2.75, 3.05) is 45.8 Å². The first-order valence-electron chi connectivity index (χ1n) is 8.25. The van der Waals surface area contributed by atoms with Gasteiger partial charge in [-0.3, -0.25) is 14.5 Å². The van der Waals surface area contributed by atoms with Gasteiger partial charge in [-0.1, -0.05) is 13.8 Å². The van der Waals surface area contributed by atoms with Crippen molar-refractivity contribution in [3.63, 3.8) is 0 Å². The number of carbonyl (C=O) groups is 2. The number of piperazine rings is 1. The van der Waals surface area contributed by atoms with Crippen molar-refractivity contribution in [1.82, 2.24) is 14.7 Å². The van der Waals surface area contributed by atoms with Crippen LogP contribution < -0.4 is 0 Å². The summed E-state index contributed by atoms with van der Waals surface area (Å²) in [7, 11) is 0. The number of amides is 2. The van der Waals surface area contributed by atoms with Crippen LogP contribution in [0.3, 0.4) is 0 Å². The fourth-order valence-electron chi connectivity index (χ4n) is 2.59. The Bertz CT molecular complexity index is 332. The maximum Gasteiger partial charge on any atom is 0.236 e. The first-order valence-corrected chi connectivity index (χ1v) is 8.25. The molecule has 0 radical (unpaired) electrons. The predicted molar refractivity (Wildman–Crippen MR) is 85.0 cm³/mol. The van der Waals surface area contributed by atoms with Crippen molar-refractivity contribution < 1.29 is 9.59 Å². The van der Waals surface area contributed by atoms with Crippen LogP contribution in [0.25, 0.3) is 0 Å². The average molecular weight is 297 g/mol. The van der Waals surface area contributed by atoms with E-state index in [1.807, 2.05) is 23.6 Å². The molecule has 0 aromatic heterocycles. The highest BCUT2D eigenvalue weighted by Gasteiger charge is 2.23. The number of likely N-dealkylation sites (N-methyl/N-ethyl adjacent to an activating group) is 1. The lowest BCUT2D eigenvalue weighted by Crippen LogP contribution is -2.51. The predicted octanol–water partition coefficient (Wildman–Crippen LogP) is 1.44. The summed E-state index contributed by atoms with van der Waals surface area (Å²) < 4.78 is 0. The standard InChI is InChI=1S/C16H31N3O2/c1-5-18(6-2)16(21)13-17-9-11-19(12-10-17)15(20)8-7-14(3)4/h14H,5-13H2,1-4H3. The maximum absolute atomic E-state index is 12.1. The minimum Gasteiger partial charge on any atom is -0.342 e. The second-order valence-electron chi connectivity index (χ2n) is 6.16. The first kappa shape index (κ1) is 18.0. The smallest absolute Gasteiger partial charge is 0.236 e. The van der Waals surface area contributed by atoms with Crippen molar-refractivity contribution in [3.05, 3.63) is 0 Å². The quantitative estimate of drug-likeness (QED) is 0.714. The minimum absolute atomic E-state index is 0.194. The lowest BCUT2D eigenvalue weighted by Gasteiger charge is -2.35. The van der Waals surface area contributed by atoms with Gasteiger partial charge in [-0.15, -0.1) is 0 Å². The molecule has 0 unspecified atom stereocenters. The maximum atomic E-state index is 12.1.